The molecule has 0 saturated heterocycles. The Morgan fingerprint density at radius 2 is 2.06 bits per heavy atom. The molecular weight excluding hydrogens is 276 g/mol. The number of hydrogen-bond donors (Lipinski definition) is 0. The second-order valence-corrected chi connectivity index (χ2v) is 3.74. The molecular formula is C11H9BrO4. The summed E-state index contributed by atoms with van der Waals surface area (Å²) in [6.45, 7) is 1.87. The summed E-state index contributed by atoms with van der Waals surface area (Å²) in [5, 5.41) is 0. The predicted octanol–water partition coefficient (Wildman–Crippen LogP) is 2.25. The van der Waals surface area contributed by atoms with E-state index in [-0.39, 0.29) is 23.3 Å². The lowest BCUT2D eigenvalue weighted by Crippen LogP contribution is -2.10. The molecule has 84 valence electrons. The van der Waals surface area contributed by atoms with Crippen molar-refractivity contribution in [2.24, 2.45) is 0 Å². The minimum absolute atomic E-state index is 0.0443. The van der Waals surface area contributed by atoms with Gasteiger partial charge in [-0.1, -0.05) is 0 Å². The van der Waals surface area contributed by atoms with Gasteiger partial charge in [-0.25, -0.2) is 4.79 Å². The Morgan fingerprint density at radius 3 is 2.56 bits per heavy atom. The molecule has 0 aliphatic carbocycles. The SMILES string of the molecule is CCOC(=O)c1c(Br)ccc(C=O)c1C=O. The van der Waals surface area contributed by atoms with Crippen LogP contribution in [0.2, 0.25) is 0 Å². The van der Waals surface area contributed by atoms with Gasteiger partial charge in [-0.2, -0.15) is 0 Å². The average Bonchev–Trinajstić information content (AvgIpc) is 2.28. The van der Waals surface area contributed by atoms with Crippen LogP contribution in [-0.4, -0.2) is 25.1 Å². The number of ether oxygens (including phenoxy) is 1. The standard InChI is InChI=1S/C11H9BrO4/c1-2-16-11(15)10-8(6-14)7(5-13)3-4-9(10)12/h3-6H,2H2,1H3. The van der Waals surface area contributed by atoms with E-state index in [4.69, 9.17) is 4.74 Å². The maximum Gasteiger partial charge on any atom is 0.340 e. The molecule has 1 rings (SSSR count). The van der Waals surface area contributed by atoms with E-state index in [2.05, 4.69) is 15.9 Å². The van der Waals surface area contributed by atoms with E-state index in [1.165, 1.54) is 12.1 Å². The van der Waals surface area contributed by atoms with Crippen molar-refractivity contribution in [3.63, 3.8) is 0 Å². The van der Waals surface area contributed by atoms with E-state index in [0.29, 0.717) is 17.0 Å². The maximum atomic E-state index is 11.6. The van der Waals surface area contributed by atoms with Gasteiger partial charge < -0.3 is 4.74 Å². The van der Waals surface area contributed by atoms with E-state index in [9.17, 15) is 14.4 Å². The van der Waals surface area contributed by atoms with Crippen LogP contribution in [-0.2, 0) is 4.74 Å². The summed E-state index contributed by atoms with van der Waals surface area (Å²) in [6, 6.07) is 2.99. The van der Waals surface area contributed by atoms with Gasteiger partial charge in [-0.15, -0.1) is 0 Å². The molecule has 0 unspecified atom stereocenters. The van der Waals surface area contributed by atoms with E-state index >= 15 is 0 Å². The summed E-state index contributed by atoms with van der Waals surface area (Å²) in [6.07, 6.45) is 1.000. The molecule has 0 heterocycles. The second-order valence-electron chi connectivity index (χ2n) is 2.88. The van der Waals surface area contributed by atoms with Crippen molar-refractivity contribution in [2.75, 3.05) is 6.61 Å². The summed E-state index contributed by atoms with van der Waals surface area (Å²) >= 11 is 3.15. The van der Waals surface area contributed by atoms with Gasteiger partial charge in [0.1, 0.15) is 0 Å². The molecule has 0 aliphatic heterocycles. The van der Waals surface area contributed by atoms with Crippen LogP contribution in [0.5, 0.6) is 0 Å². The minimum atomic E-state index is -0.625. The quantitative estimate of drug-likeness (QED) is 0.629. The van der Waals surface area contributed by atoms with Crippen molar-refractivity contribution in [3.05, 3.63) is 33.3 Å². The summed E-state index contributed by atoms with van der Waals surface area (Å²) in [5.74, 6) is -0.625. The molecule has 0 amide bonds. The van der Waals surface area contributed by atoms with E-state index in [1.54, 1.807) is 6.92 Å². The zero-order valence-corrected chi connectivity index (χ0v) is 10.1. The molecule has 16 heavy (non-hydrogen) atoms. The van der Waals surface area contributed by atoms with Crippen molar-refractivity contribution >= 4 is 34.5 Å². The van der Waals surface area contributed by atoms with Crippen molar-refractivity contribution < 1.29 is 19.1 Å². The molecule has 0 spiro atoms. The van der Waals surface area contributed by atoms with Crippen LogP contribution in [0, 0.1) is 0 Å². The zero-order valence-electron chi connectivity index (χ0n) is 8.53. The molecule has 1 aromatic carbocycles. The molecule has 0 fully saturated rings. The molecule has 0 aromatic heterocycles. The van der Waals surface area contributed by atoms with Crippen LogP contribution in [0.15, 0.2) is 16.6 Å². The van der Waals surface area contributed by atoms with Crippen LogP contribution in [0.1, 0.15) is 38.0 Å². The van der Waals surface area contributed by atoms with Gasteiger partial charge in [-0.3, -0.25) is 9.59 Å². The Hall–Kier alpha value is -1.49. The number of rotatable bonds is 4. The van der Waals surface area contributed by atoms with Gasteiger partial charge in [0.2, 0.25) is 0 Å². The lowest BCUT2D eigenvalue weighted by Gasteiger charge is -2.08. The predicted molar refractivity (Wildman–Crippen MR) is 60.9 cm³/mol. The van der Waals surface area contributed by atoms with Crippen LogP contribution < -0.4 is 0 Å². The van der Waals surface area contributed by atoms with Gasteiger partial charge in [0, 0.05) is 15.6 Å². The highest BCUT2D eigenvalue weighted by atomic mass is 79.9. The fraction of sp³-hybridized carbons (Fsp3) is 0.182. The maximum absolute atomic E-state index is 11.6. The molecule has 0 bridgehead atoms. The fourth-order valence-corrected chi connectivity index (χ4v) is 1.76. The number of aldehydes is 2. The third-order valence-corrected chi connectivity index (χ3v) is 2.61. The second kappa shape index (κ2) is 5.55. The van der Waals surface area contributed by atoms with Crippen molar-refractivity contribution in [3.8, 4) is 0 Å². The van der Waals surface area contributed by atoms with Crippen LogP contribution in [0.4, 0.5) is 0 Å². The fourth-order valence-electron chi connectivity index (χ4n) is 1.25. The monoisotopic (exact) mass is 284 g/mol. The van der Waals surface area contributed by atoms with E-state index in [1.807, 2.05) is 0 Å². The van der Waals surface area contributed by atoms with Gasteiger partial charge in [-0.05, 0) is 35.0 Å². The first kappa shape index (κ1) is 12.6. The third-order valence-electron chi connectivity index (χ3n) is 1.95. The number of halogens is 1. The van der Waals surface area contributed by atoms with Crippen LogP contribution in [0.3, 0.4) is 0 Å². The number of hydrogen-bond acceptors (Lipinski definition) is 4. The Balaban J connectivity index is 3.39. The number of esters is 1. The van der Waals surface area contributed by atoms with Gasteiger partial charge in [0.25, 0.3) is 0 Å². The lowest BCUT2D eigenvalue weighted by molar-refractivity contribution is 0.0523. The zero-order chi connectivity index (χ0) is 12.1. The molecule has 0 N–H and O–H groups in total. The summed E-state index contributed by atoms with van der Waals surface area (Å²) in [4.78, 5) is 33.2. The highest BCUT2D eigenvalue weighted by Crippen LogP contribution is 2.23. The highest BCUT2D eigenvalue weighted by Gasteiger charge is 2.19. The number of carbonyl (C=O) groups is 3. The Kier molecular flexibility index (Phi) is 4.37. The highest BCUT2D eigenvalue weighted by molar-refractivity contribution is 9.10. The van der Waals surface area contributed by atoms with Crippen LogP contribution in [0.25, 0.3) is 0 Å². The first-order valence-corrected chi connectivity index (χ1v) is 5.35. The van der Waals surface area contributed by atoms with Gasteiger partial charge in [0.15, 0.2) is 12.6 Å². The molecule has 0 atom stereocenters. The normalized spacial score (nSPS) is 9.62. The Labute approximate surface area is 101 Å². The van der Waals surface area contributed by atoms with Gasteiger partial charge in [0.05, 0.1) is 12.2 Å². The number of carbonyl (C=O) groups excluding carboxylic acids is 3. The molecule has 0 radical (unpaired) electrons. The van der Waals surface area contributed by atoms with E-state index in [0.717, 1.165) is 0 Å². The molecule has 0 aliphatic rings. The van der Waals surface area contributed by atoms with Crippen molar-refractivity contribution in [2.45, 2.75) is 6.92 Å². The first-order chi connectivity index (χ1) is 7.65. The van der Waals surface area contributed by atoms with Crippen molar-refractivity contribution in [1.29, 1.82) is 0 Å². The van der Waals surface area contributed by atoms with E-state index < -0.39 is 5.97 Å². The van der Waals surface area contributed by atoms with Crippen molar-refractivity contribution in [1.82, 2.24) is 0 Å². The molecule has 1 aromatic rings. The Bertz CT molecular complexity index is 440. The lowest BCUT2D eigenvalue weighted by atomic mass is 10.0. The topological polar surface area (TPSA) is 60.4 Å². The van der Waals surface area contributed by atoms with Gasteiger partial charge >= 0.3 is 5.97 Å². The summed E-state index contributed by atoms with van der Waals surface area (Å²) in [5.41, 5.74) is 0.297. The Morgan fingerprint density at radius 1 is 1.38 bits per heavy atom. The average molecular weight is 285 g/mol. The third kappa shape index (κ3) is 2.36. The smallest absolute Gasteiger partial charge is 0.340 e. The first-order valence-electron chi connectivity index (χ1n) is 4.55. The summed E-state index contributed by atoms with van der Waals surface area (Å²) in [7, 11) is 0. The largest absolute Gasteiger partial charge is 0.462 e. The van der Waals surface area contributed by atoms with Crippen LogP contribution >= 0.6 is 15.9 Å². The summed E-state index contributed by atoms with van der Waals surface area (Å²) < 4.78 is 5.24. The minimum Gasteiger partial charge on any atom is -0.462 e. The molecule has 4 nitrogen and oxygen atoms in total. The molecule has 5 heteroatoms. The molecule has 0 saturated carbocycles. The number of benzene rings is 1.